The van der Waals surface area contributed by atoms with Gasteiger partial charge in [-0.2, -0.15) is 0 Å². The first-order valence-corrected chi connectivity index (χ1v) is 13.7. The van der Waals surface area contributed by atoms with E-state index in [9.17, 15) is 11.9 Å². The van der Waals surface area contributed by atoms with Crippen LogP contribution in [0.15, 0.2) is 47.4 Å². The normalized spacial score (nSPS) is 14.5. The summed E-state index contributed by atoms with van der Waals surface area (Å²) in [6, 6.07) is 11.9. The molecule has 2 atom stereocenters. The quantitative estimate of drug-likeness (QED) is 0.426. The van der Waals surface area contributed by atoms with E-state index < -0.39 is 30.8 Å². The second kappa shape index (κ2) is 10.8. The van der Waals surface area contributed by atoms with Crippen LogP contribution in [0.3, 0.4) is 0 Å². The number of benzene rings is 2. The molecule has 0 spiro atoms. The Morgan fingerprint density at radius 3 is 1.83 bits per heavy atom. The number of rotatable bonds is 10. The van der Waals surface area contributed by atoms with Crippen molar-refractivity contribution in [3.05, 3.63) is 62.7 Å². The molecule has 0 fully saturated rings. The molecule has 0 amide bonds. The van der Waals surface area contributed by atoms with E-state index in [-0.39, 0.29) is 17.1 Å². The first-order chi connectivity index (χ1) is 13.8. The third-order valence-corrected chi connectivity index (χ3v) is 10.4. The Bertz CT molecular complexity index is 860. The van der Waals surface area contributed by atoms with Gasteiger partial charge < -0.3 is 0 Å². The predicted molar refractivity (Wildman–Crippen MR) is 121 cm³/mol. The summed E-state index contributed by atoms with van der Waals surface area (Å²) in [6.45, 7) is 5.81. The molecule has 2 aromatic rings. The zero-order valence-corrected chi connectivity index (χ0v) is 20.4. The van der Waals surface area contributed by atoms with Crippen LogP contribution in [0.2, 0.25) is 0 Å². The zero-order chi connectivity index (χ0) is 21.6. The van der Waals surface area contributed by atoms with E-state index in [0.29, 0.717) is 16.4 Å². The first kappa shape index (κ1) is 24.2. The van der Waals surface area contributed by atoms with Crippen molar-refractivity contribution in [2.45, 2.75) is 50.7 Å². The van der Waals surface area contributed by atoms with Gasteiger partial charge in [-0.25, -0.2) is 0 Å². The van der Waals surface area contributed by atoms with E-state index in [1.54, 1.807) is 26.4 Å². The van der Waals surface area contributed by atoms with Crippen molar-refractivity contribution in [2.75, 3.05) is 14.2 Å². The molecule has 0 aliphatic carbocycles. The Morgan fingerprint density at radius 1 is 0.931 bits per heavy atom. The zero-order valence-electron chi connectivity index (χ0n) is 17.4. The van der Waals surface area contributed by atoms with Crippen molar-refractivity contribution in [1.29, 1.82) is 0 Å². The van der Waals surface area contributed by atoms with Crippen molar-refractivity contribution in [3.63, 3.8) is 0 Å². The molecule has 0 aromatic heterocycles. The summed E-state index contributed by atoms with van der Waals surface area (Å²) in [6.07, 6.45) is 0.783. The van der Waals surface area contributed by atoms with Crippen molar-refractivity contribution >= 4 is 30.8 Å². The molecule has 1 N–H and O–H groups in total. The van der Waals surface area contributed by atoms with Gasteiger partial charge in [0.05, 0.1) is 0 Å². The molecule has 0 heterocycles. The van der Waals surface area contributed by atoms with Crippen LogP contribution in [0.4, 0.5) is 0 Å². The molecule has 2 aromatic carbocycles. The van der Waals surface area contributed by atoms with E-state index in [4.69, 9.17) is 12.0 Å². The monoisotopic (exact) mass is 536 g/mol. The predicted octanol–water partition coefficient (Wildman–Crippen LogP) is 5.09. The Hall–Kier alpha value is -1.04. The third kappa shape index (κ3) is 5.77. The summed E-state index contributed by atoms with van der Waals surface area (Å²) in [5.41, 5.74) is 2.43. The molecular weight excluding hydrogens is 507 g/mol. The van der Waals surface area contributed by atoms with E-state index in [1.165, 1.54) is 12.1 Å². The van der Waals surface area contributed by atoms with Gasteiger partial charge in [-0.15, -0.1) is 0 Å². The fourth-order valence-electron chi connectivity index (χ4n) is 3.13. The van der Waals surface area contributed by atoms with Gasteiger partial charge in [0.1, 0.15) is 0 Å². The summed E-state index contributed by atoms with van der Waals surface area (Å²) in [7, 11) is -0.908. The van der Waals surface area contributed by atoms with Gasteiger partial charge in [-0.3, -0.25) is 0 Å². The summed E-state index contributed by atoms with van der Waals surface area (Å²) >= 11 is -3.58. The number of hydrogen-bond donors (Lipinski definition) is 1. The molecule has 0 radical (unpaired) electrons. The van der Waals surface area contributed by atoms with Crippen molar-refractivity contribution in [3.8, 4) is 0 Å². The van der Waals surface area contributed by atoms with Crippen LogP contribution in [-0.2, 0) is 22.1 Å². The average molecular weight is 536 g/mol. The second-order valence-electron chi connectivity index (χ2n) is 6.58. The number of halogens is 1. The Kier molecular flexibility index (Phi) is 9.05. The molecule has 0 saturated heterocycles. The SMILES string of the molecule is CC[C@H](OC)c1cccc([C@H](CC)OC)c1I(O)OS(=O)(=O)c1ccc(C)cc1. The molecule has 0 aliphatic rings. The maximum atomic E-state index is 12.8. The fourth-order valence-corrected chi connectivity index (χ4v) is 8.52. The number of aryl methyl sites for hydroxylation is 1. The second-order valence-corrected chi connectivity index (χ2v) is 11.6. The van der Waals surface area contributed by atoms with Crippen LogP contribution < -0.4 is 0 Å². The van der Waals surface area contributed by atoms with Gasteiger partial charge in [-0.05, 0) is 0 Å². The minimum atomic E-state index is -4.10. The minimum absolute atomic E-state index is 0.0241. The number of hydrogen-bond acceptors (Lipinski definition) is 6. The maximum absolute atomic E-state index is 12.8. The summed E-state index contributed by atoms with van der Waals surface area (Å²) in [5.74, 6) is 0. The van der Waals surface area contributed by atoms with Crippen LogP contribution in [-0.4, -0.2) is 26.1 Å². The molecule has 0 saturated carbocycles. The molecule has 0 bridgehead atoms. The van der Waals surface area contributed by atoms with E-state index in [0.717, 1.165) is 16.7 Å². The van der Waals surface area contributed by atoms with Crippen molar-refractivity contribution in [1.82, 2.24) is 0 Å². The molecule has 0 unspecified atom stereocenters. The Balaban J connectivity index is 2.53. The van der Waals surface area contributed by atoms with Gasteiger partial charge in [0.2, 0.25) is 0 Å². The number of ether oxygens (including phenoxy) is 2. The molecule has 8 heteroatoms. The van der Waals surface area contributed by atoms with Crippen LogP contribution in [0, 0.1) is 10.5 Å². The van der Waals surface area contributed by atoms with Gasteiger partial charge in [-0.1, -0.05) is 0 Å². The molecule has 162 valence electrons. The first-order valence-electron chi connectivity index (χ1n) is 9.38. The summed E-state index contributed by atoms with van der Waals surface area (Å²) in [4.78, 5) is 0.0241. The van der Waals surface area contributed by atoms with Gasteiger partial charge in [0, 0.05) is 0 Å². The Labute approximate surface area is 181 Å². The average Bonchev–Trinajstić information content (AvgIpc) is 2.70. The summed E-state index contributed by atoms with van der Waals surface area (Å²) < 4.78 is 53.6. The Morgan fingerprint density at radius 2 is 1.41 bits per heavy atom. The van der Waals surface area contributed by atoms with E-state index in [1.807, 2.05) is 39.0 Å². The molecule has 2 rings (SSSR count). The van der Waals surface area contributed by atoms with Crippen LogP contribution in [0.25, 0.3) is 0 Å². The molecule has 6 nitrogen and oxygen atoms in total. The summed E-state index contributed by atoms with van der Waals surface area (Å²) in [5, 5.41) is 0. The fraction of sp³-hybridized carbons (Fsp3) is 0.429. The van der Waals surface area contributed by atoms with Gasteiger partial charge >= 0.3 is 182 Å². The van der Waals surface area contributed by atoms with Crippen LogP contribution >= 0.6 is 20.6 Å². The van der Waals surface area contributed by atoms with Crippen molar-refractivity contribution < 1.29 is 23.8 Å². The third-order valence-electron chi connectivity index (χ3n) is 4.68. The van der Waals surface area contributed by atoms with Crippen LogP contribution in [0.1, 0.15) is 55.6 Å². The van der Waals surface area contributed by atoms with Crippen LogP contribution in [0.5, 0.6) is 0 Å². The molecular formula is C21H29IO6S. The number of methoxy groups -OCH3 is 2. The molecule has 29 heavy (non-hydrogen) atoms. The standard InChI is InChI=1S/C21H29IO6S/c1-6-19(26-4)17-9-8-10-18(20(7-2)27-5)21(17)22(23)28-29(24,25)16-13-11-15(3)12-14-16/h8-14,19-20,23H,6-7H2,1-5H3/t19-,20-/m0/s1. The topological polar surface area (TPSA) is 82.1 Å². The van der Waals surface area contributed by atoms with Crippen molar-refractivity contribution in [2.24, 2.45) is 0 Å². The molecule has 0 aliphatic heterocycles. The van der Waals surface area contributed by atoms with E-state index >= 15 is 0 Å². The van der Waals surface area contributed by atoms with Gasteiger partial charge in [0.25, 0.3) is 0 Å². The van der Waals surface area contributed by atoms with E-state index in [2.05, 4.69) is 0 Å². The van der Waals surface area contributed by atoms with Gasteiger partial charge in [0.15, 0.2) is 0 Å².